The molecule has 0 fully saturated rings. The minimum Gasteiger partial charge on any atom is -0.462 e. The lowest BCUT2D eigenvalue weighted by Crippen LogP contribution is -2.19. The van der Waals surface area contributed by atoms with Crippen LogP contribution >= 0.6 is 0 Å². The van der Waals surface area contributed by atoms with Gasteiger partial charge in [0.15, 0.2) is 0 Å². The molecule has 0 atom stereocenters. The number of para-hydroxylation sites is 2. The molecule has 6 nitrogen and oxygen atoms in total. The number of carbonyl (C=O) groups excluding carboxylic acids is 1. The molecule has 1 aromatic heterocycles. The number of carbonyl (C=O) groups is 1. The third-order valence-corrected chi connectivity index (χ3v) is 4.15. The monoisotopic (exact) mass is 376 g/mol. The summed E-state index contributed by atoms with van der Waals surface area (Å²) in [7, 11) is 0. The number of nitrogens with one attached hydrogen (secondary N) is 1. The molecule has 0 amide bonds. The van der Waals surface area contributed by atoms with E-state index in [0.29, 0.717) is 29.6 Å². The van der Waals surface area contributed by atoms with Crippen LogP contribution in [0.4, 0.5) is 23.1 Å². The van der Waals surface area contributed by atoms with Gasteiger partial charge in [-0.15, -0.1) is 0 Å². The molecule has 0 bridgehead atoms. The zero-order chi connectivity index (χ0) is 19.9. The van der Waals surface area contributed by atoms with E-state index in [1.54, 1.807) is 13.0 Å². The van der Waals surface area contributed by atoms with Gasteiger partial charge in [-0.1, -0.05) is 30.3 Å². The fourth-order valence-corrected chi connectivity index (χ4v) is 2.90. The topological polar surface area (TPSA) is 67.3 Å². The van der Waals surface area contributed by atoms with Crippen LogP contribution in [0.3, 0.4) is 0 Å². The van der Waals surface area contributed by atoms with Crippen LogP contribution < -0.4 is 10.2 Å². The molecule has 0 radical (unpaired) electrons. The summed E-state index contributed by atoms with van der Waals surface area (Å²) < 4.78 is 5.15. The number of hydrogen-bond donors (Lipinski definition) is 1. The van der Waals surface area contributed by atoms with Crippen LogP contribution in [0.15, 0.2) is 60.7 Å². The molecule has 0 aliphatic carbocycles. The number of benzene rings is 2. The Hall–Kier alpha value is -3.41. The first-order valence-electron chi connectivity index (χ1n) is 9.33. The average Bonchev–Trinajstić information content (AvgIpc) is 2.69. The summed E-state index contributed by atoms with van der Waals surface area (Å²) >= 11 is 0. The highest BCUT2D eigenvalue weighted by Crippen LogP contribution is 2.26. The van der Waals surface area contributed by atoms with Crippen molar-refractivity contribution in [1.29, 1.82) is 0 Å². The van der Waals surface area contributed by atoms with Crippen LogP contribution in [-0.4, -0.2) is 29.1 Å². The summed E-state index contributed by atoms with van der Waals surface area (Å²) in [5.41, 5.74) is 2.97. The van der Waals surface area contributed by atoms with E-state index in [1.165, 1.54) is 0 Å². The largest absolute Gasteiger partial charge is 0.462 e. The van der Waals surface area contributed by atoms with Crippen LogP contribution in [0.2, 0.25) is 0 Å². The minimum atomic E-state index is -0.365. The molecule has 144 valence electrons. The van der Waals surface area contributed by atoms with Gasteiger partial charge in [-0.3, -0.25) is 0 Å². The maximum absolute atomic E-state index is 12.2. The molecule has 0 spiro atoms. The van der Waals surface area contributed by atoms with E-state index in [0.717, 1.165) is 17.9 Å². The van der Waals surface area contributed by atoms with Crippen molar-refractivity contribution in [1.82, 2.24) is 9.97 Å². The van der Waals surface area contributed by atoms with Gasteiger partial charge in [0.1, 0.15) is 5.82 Å². The van der Waals surface area contributed by atoms with E-state index in [1.807, 2.05) is 66.4 Å². The Morgan fingerprint density at radius 1 is 1.04 bits per heavy atom. The number of anilines is 4. The second-order valence-corrected chi connectivity index (χ2v) is 6.17. The predicted octanol–water partition coefficient (Wildman–Crippen LogP) is 4.86. The third kappa shape index (κ3) is 4.46. The van der Waals surface area contributed by atoms with Gasteiger partial charge in [0.05, 0.1) is 17.9 Å². The van der Waals surface area contributed by atoms with E-state index in [2.05, 4.69) is 22.2 Å². The molecule has 1 N–H and O–H groups in total. The van der Waals surface area contributed by atoms with Gasteiger partial charge in [0.25, 0.3) is 0 Å². The van der Waals surface area contributed by atoms with Crippen molar-refractivity contribution in [2.75, 3.05) is 23.4 Å². The standard InChI is InChI=1S/C22H24N4O2/c1-4-26(17-11-7-6-8-12-17)22-23-16(3)15-20(25-22)24-19-14-10-9-13-18(19)21(27)28-5-2/h6-15H,4-5H2,1-3H3,(H,23,24,25). The first kappa shape index (κ1) is 19.4. The molecule has 6 heteroatoms. The smallest absolute Gasteiger partial charge is 0.340 e. The Balaban J connectivity index is 1.94. The van der Waals surface area contributed by atoms with E-state index in [9.17, 15) is 4.79 Å². The van der Waals surface area contributed by atoms with Crippen molar-refractivity contribution in [3.05, 3.63) is 71.9 Å². The average molecular weight is 376 g/mol. The molecule has 0 saturated heterocycles. The Labute approximate surface area is 165 Å². The number of rotatable bonds is 7. The predicted molar refractivity (Wildman–Crippen MR) is 112 cm³/mol. The second-order valence-electron chi connectivity index (χ2n) is 6.17. The van der Waals surface area contributed by atoms with E-state index in [4.69, 9.17) is 4.74 Å². The highest BCUT2D eigenvalue weighted by Gasteiger charge is 2.15. The first-order valence-corrected chi connectivity index (χ1v) is 9.33. The van der Waals surface area contributed by atoms with Gasteiger partial charge in [-0.25, -0.2) is 9.78 Å². The van der Waals surface area contributed by atoms with Gasteiger partial charge in [0.2, 0.25) is 5.95 Å². The molecular weight excluding hydrogens is 352 g/mol. The molecule has 0 unspecified atom stereocenters. The highest BCUT2D eigenvalue weighted by atomic mass is 16.5. The molecule has 0 aliphatic heterocycles. The molecule has 3 rings (SSSR count). The first-order chi connectivity index (χ1) is 13.6. The number of aryl methyl sites for hydroxylation is 1. The molecule has 28 heavy (non-hydrogen) atoms. The van der Waals surface area contributed by atoms with Gasteiger partial charge >= 0.3 is 5.97 Å². The number of esters is 1. The number of ether oxygens (including phenoxy) is 1. The lowest BCUT2D eigenvalue weighted by Gasteiger charge is -2.22. The summed E-state index contributed by atoms with van der Waals surface area (Å²) in [6.07, 6.45) is 0. The fourth-order valence-electron chi connectivity index (χ4n) is 2.90. The Morgan fingerprint density at radius 3 is 2.46 bits per heavy atom. The maximum Gasteiger partial charge on any atom is 0.340 e. The molecule has 0 aliphatic rings. The summed E-state index contributed by atoms with van der Waals surface area (Å²) in [5, 5.41) is 3.24. The fraction of sp³-hybridized carbons (Fsp3) is 0.227. The van der Waals surface area contributed by atoms with Gasteiger partial charge in [-0.05, 0) is 45.0 Å². The number of hydrogen-bond acceptors (Lipinski definition) is 6. The molecule has 2 aromatic carbocycles. The van der Waals surface area contributed by atoms with Crippen LogP contribution in [0.1, 0.15) is 29.9 Å². The minimum absolute atomic E-state index is 0.326. The van der Waals surface area contributed by atoms with Crippen LogP contribution in [0, 0.1) is 6.92 Å². The van der Waals surface area contributed by atoms with Gasteiger partial charge in [-0.2, -0.15) is 4.98 Å². The van der Waals surface area contributed by atoms with Crippen LogP contribution in [0.25, 0.3) is 0 Å². The van der Waals surface area contributed by atoms with Crippen LogP contribution in [-0.2, 0) is 4.74 Å². The van der Waals surface area contributed by atoms with E-state index >= 15 is 0 Å². The Kier molecular flexibility index (Phi) is 6.22. The van der Waals surface area contributed by atoms with Crippen molar-refractivity contribution in [3.8, 4) is 0 Å². The van der Waals surface area contributed by atoms with Gasteiger partial charge < -0.3 is 15.0 Å². The lowest BCUT2D eigenvalue weighted by atomic mass is 10.2. The summed E-state index contributed by atoms with van der Waals surface area (Å²) in [6.45, 7) is 6.82. The Morgan fingerprint density at radius 2 is 1.75 bits per heavy atom. The zero-order valence-electron chi connectivity index (χ0n) is 16.3. The number of nitrogens with zero attached hydrogens (tertiary/aromatic N) is 3. The van der Waals surface area contributed by atoms with Crippen molar-refractivity contribution in [2.45, 2.75) is 20.8 Å². The second kappa shape index (κ2) is 8.99. The van der Waals surface area contributed by atoms with Crippen LogP contribution in [0.5, 0.6) is 0 Å². The van der Waals surface area contributed by atoms with Crippen molar-refractivity contribution in [2.24, 2.45) is 0 Å². The summed E-state index contributed by atoms with van der Waals surface area (Å²) in [6, 6.07) is 19.1. The summed E-state index contributed by atoms with van der Waals surface area (Å²) in [4.78, 5) is 23.5. The highest BCUT2D eigenvalue weighted by molar-refractivity contribution is 5.96. The zero-order valence-corrected chi connectivity index (χ0v) is 16.3. The quantitative estimate of drug-likeness (QED) is 0.594. The van der Waals surface area contributed by atoms with Crippen molar-refractivity contribution in [3.63, 3.8) is 0 Å². The van der Waals surface area contributed by atoms with E-state index < -0.39 is 0 Å². The number of aromatic nitrogens is 2. The molecular formula is C22H24N4O2. The third-order valence-electron chi connectivity index (χ3n) is 4.15. The lowest BCUT2D eigenvalue weighted by molar-refractivity contribution is 0.0527. The molecule has 3 aromatic rings. The maximum atomic E-state index is 12.2. The van der Waals surface area contributed by atoms with E-state index in [-0.39, 0.29) is 5.97 Å². The van der Waals surface area contributed by atoms with Crippen molar-refractivity contribution >= 4 is 29.1 Å². The Bertz CT molecular complexity index is 944. The van der Waals surface area contributed by atoms with Crippen molar-refractivity contribution < 1.29 is 9.53 Å². The van der Waals surface area contributed by atoms with Gasteiger partial charge in [0, 0.05) is 24.0 Å². The summed E-state index contributed by atoms with van der Waals surface area (Å²) in [5.74, 6) is 0.856. The molecule has 0 saturated carbocycles. The normalized spacial score (nSPS) is 10.4. The SMILES string of the molecule is CCOC(=O)c1ccccc1Nc1cc(C)nc(N(CC)c2ccccc2)n1. The molecule has 1 heterocycles.